The Morgan fingerprint density at radius 2 is 1.29 bits per heavy atom. The number of benzene rings is 3. The predicted octanol–water partition coefficient (Wildman–Crippen LogP) is 4.69. The molecule has 3 aromatic carbocycles. The highest BCUT2D eigenvalue weighted by atomic mass is 28.3. The molecule has 0 saturated heterocycles. The second kappa shape index (κ2) is 10.2. The molecule has 0 aromatic heterocycles. The van der Waals surface area contributed by atoms with Gasteiger partial charge in [0, 0.05) is 6.04 Å². The van der Waals surface area contributed by atoms with Crippen molar-refractivity contribution in [1.82, 2.24) is 4.98 Å². The third kappa shape index (κ3) is 5.42. The summed E-state index contributed by atoms with van der Waals surface area (Å²) in [6, 6.07) is 32.6. The first kappa shape index (κ1) is 23.2. The maximum absolute atomic E-state index is 9.76. The Kier molecular flexibility index (Phi) is 7.66. The van der Waals surface area contributed by atoms with Crippen LogP contribution in [0, 0.1) is 0 Å². The van der Waals surface area contributed by atoms with Gasteiger partial charge in [0.1, 0.15) is 0 Å². The molecular formula is C28H35NOSi. The summed E-state index contributed by atoms with van der Waals surface area (Å²) in [6.45, 7) is 9.15. The number of aliphatic hydroxyl groups excluding tert-OH is 1. The Bertz CT molecular complexity index is 923. The SMILES string of the molecule is C/C(=C\[C@H](Cc1ccccc1)N[Si](c1ccccc1)(c1ccccc1)C(C)(C)C)CO. The van der Waals surface area contributed by atoms with E-state index in [2.05, 4.69) is 123 Å². The predicted molar refractivity (Wildman–Crippen MR) is 136 cm³/mol. The summed E-state index contributed by atoms with van der Waals surface area (Å²) in [7, 11) is -2.42. The van der Waals surface area contributed by atoms with Crippen molar-refractivity contribution < 1.29 is 5.11 Å². The lowest BCUT2D eigenvalue weighted by atomic mass is 10.0. The summed E-state index contributed by atoms with van der Waals surface area (Å²) >= 11 is 0. The van der Waals surface area contributed by atoms with Crippen LogP contribution in [0.15, 0.2) is 103 Å². The van der Waals surface area contributed by atoms with Crippen molar-refractivity contribution in [1.29, 1.82) is 0 Å². The molecule has 0 bridgehead atoms. The van der Waals surface area contributed by atoms with E-state index in [0.717, 1.165) is 12.0 Å². The molecule has 3 rings (SSSR count). The lowest BCUT2D eigenvalue weighted by Gasteiger charge is -2.46. The molecule has 0 saturated carbocycles. The van der Waals surface area contributed by atoms with Crippen LogP contribution in [-0.4, -0.2) is 26.0 Å². The number of hydrogen-bond donors (Lipinski definition) is 2. The van der Waals surface area contributed by atoms with Crippen molar-refractivity contribution in [2.24, 2.45) is 0 Å². The van der Waals surface area contributed by atoms with E-state index in [1.807, 2.05) is 6.92 Å². The van der Waals surface area contributed by atoms with Crippen LogP contribution in [0.2, 0.25) is 5.04 Å². The Labute approximate surface area is 188 Å². The first-order chi connectivity index (χ1) is 14.9. The third-order valence-corrected chi connectivity index (χ3v) is 11.4. The summed E-state index contributed by atoms with van der Waals surface area (Å²) in [5.74, 6) is 0. The lowest BCUT2D eigenvalue weighted by Crippen LogP contribution is -2.75. The molecule has 0 heterocycles. The van der Waals surface area contributed by atoms with Gasteiger partial charge < -0.3 is 10.1 Å². The third-order valence-electron chi connectivity index (χ3n) is 5.97. The normalized spacial score (nSPS) is 13.8. The molecule has 3 aromatic rings. The van der Waals surface area contributed by atoms with E-state index in [-0.39, 0.29) is 17.7 Å². The minimum Gasteiger partial charge on any atom is -0.392 e. The highest BCUT2D eigenvalue weighted by molar-refractivity contribution is 7.02. The molecule has 0 fully saturated rings. The Morgan fingerprint density at radius 1 is 0.839 bits per heavy atom. The molecule has 0 aliphatic carbocycles. The molecule has 31 heavy (non-hydrogen) atoms. The van der Waals surface area contributed by atoms with Crippen molar-refractivity contribution in [2.75, 3.05) is 6.61 Å². The van der Waals surface area contributed by atoms with E-state index < -0.39 is 8.24 Å². The summed E-state index contributed by atoms with van der Waals surface area (Å²) in [6.07, 6.45) is 3.09. The van der Waals surface area contributed by atoms with Crippen molar-refractivity contribution in [3.05, 3.63) is 108 Å². The number of nitrogens with one attached hydrogen (secondary N) is 1. The van der Waals surface area contributed by atoms with Gasteiger partial charge in [-0.15, -0.1) is 0 Å². The molecule has 3 heteroatoms. The molecule has 0 aliphatic heterocycles. The van der Waals surface area contributed by atoms with Crippen LogP contribution >= 0.6 is 0 Å². The monoisotopic (exact) mass is 429 g/mol. The van der Waals surface area contributed by atoms with E-state index in [4.69, 9.17) is 0 Å². The smallest absolute Gasteiger partial charge is 0.195 e. The van der Waals surface area contributed by atoms with E-state index in [9.17, 15) is 5.11 Å². The Balaban J connectivity index is 2.17. The molecule has 0 amide bonds. The molecule has 162 valence electrons. The van der Waals surface area contributed by atoms with Crippen molar-refractivity contribution in [2.45, 2.75) is 45.2 Å². The number of hydrogen-bond acceptors (Lipinski definition) is 2. The zero-order chi connectivity index (χ0) is 22.3. The average molecular weight is 430 g/mol. The summed E-state index contributed by atoms with van der Waals surface area (Å²) < 4.78 is 0. The summed E-state index contributed by atoms with van der Waals surface area (Å²) in [5, 5.41) is 12.5. The van der Waals surface area contributed by atoms with Crippen LogP contribution in [-0.2, 0) is 6.42 Å². The van der Waals surface area contributed by atoms with Gasteiger partial charge in [-0.25, -0.2) is 0 Å². The minimum atomic E-state index is -2.42. The largest absolute Gasteiger partial charge is 0.392 e. The van der Waals surface area contributed by atoms with Gasteiger partial charge in [0.15, 0.2) is 8.24 Å². The fourth-order valence-corrected chi connectivity index (χ4v) is 9.44. The molecular weight excluding hydrogens is 394 g/mol. The van der Waals surface area contributed by atoms with Crippen molar-refractivity contribution in [3.8, 4) is 0 Å². The van der Waals surface area contributed by atoms with Crippen LogP contribution in [0.25, 0.3) is 0 Å². The topological polar surface area (TPSA) is 32.3 Å². The molecule has 0 spiro atoms. The second-order valence-electron chi connectivity index (χ2n) is 9.34. The lowest BCUT2D eigenvalue weighted by molar-refractivity contribution is 0.330. The fraction of sp³-hybridized carbons (Fsp3) is 0.286. The molecule has 2 N–H and O–H groups in total. The quantitative estimate of drug-likeness (QED) is 0.402. The van der Waals surface area contributed by atoms with Crippen molar-refractivity contribution >= 4 is 18.6 Å². The molecule has 2 nitrogen and oxygen atoms in total. The zero-order valence-electron chi connectivity index (χ0n) is 19.2. The zero-order valence-corrected chi connectivity index (χ0v) is 20.2. The van der Waals surface area contributed by atoms with Gasteiger partial charge in [0.25, 0.3) is 0 Å². The van der Waals surface area contributed by atoms with Crippen LogP contribution in [0.4, 0.5) is 0 Å². The maximum Gasteiger partial charge on any atom is 0.195 e. The highest BCUT2D eigenvalue weighted by Gasteiger charge is 2.48. The Hall–Kier alpha value is -2.46. The maximum atomic E-state index is 9.76. The van der Waals surface area contributed by atoms with Gasteiger partial charge >= 0.3 is 0 Å². The van der Waals surface area contributed by atoms with Gasteiger partial charge in [0.05, 0.1) is 6.61 Å². The standard InChI is InChI=1S/C28H35NOSi/c1-23(22-30)20-25(21-24-14-8-5-9-15-24)29-31(28(2,3)4,26-16-10-6-11-17-26)27-18-12-7-13-19-27/h5-20,25,29-30H,21-22H2,1-4H3/b23-20+/t25-/m1/s1. The van der Waals surface area contributed by atoms with Crippen LogP contribution < -0.4 is 15.4 Å². The van der Waals surface area contributed by atoms with E-state index in [1.165, 1.54) is 15.9 Å². The van der Waals surface area contributed by atoms with Gasteiger partial charge in [-0.05, 0) is 34.3 Å². The first-order valence-corrected chi connectivity index (χ1v) is 13.1. The van der Waals surface area contributed by atoms with Crippen LogP contribution in [0.1, 0.15) is 33.3 Å². The van der Waals surface area contributed by atoms with Gasteiger partial charge in [-0.3, -0.25) is 0 Å². The van der Waals surface area contributed by atoms with E-state index in [0.29, 0.717) is 0 Å². The molecule has 0 radical (unpaired) electrons. The molecule has 1 atom stereocenters. The van der Waals surface area contributed by atoms with E-state index >= 15 is 0 Å². The van der Waals surface area contributed by atoms with Gasteiger partial charge in [-0.1, -0.05) is 123 Å². The van der Waals surface area contributed by atoms with Gasteiger partial charge in [0.2, 0.25) is 0 Å². The van der Waals surface area contributed by atoms with E-state index in [1.54, 1.807) is 0 Å². The average Bonchev–Trinajstić information content (AvgIpc) is 2.78. The number of rotatable bonds is 8. The molecule has 0 unspecified atom stereocenters. The highest BCUT2D eigenvalue weighted by Crippen LogP contribution is 2.34. The molecule has 0 aliphatic rings. The van der Waals surface area contributed by atoms with Crippen molar-refractivity contribution in [3.63, 3.8) is 0 Å². The summed E-state index contributed by atoms with van der Waals surface area (Å²) in [5.41, 5.74) is 2.28. The summed E-state index contributed by atoms with van der Waals surface area (Å²) in [4.78, 5) is 4.21. The number of aliphatic hydroxyl groups is 1. The first-order valence-electron chi connectivity index (χ1n) is 11.1. The van der Waals surface area contributed by atoms with Gasteiger partial charge in [-0.2, -0.15) is 0 Å². The van der Waals surface area contributed by atoms with Crippen LogP contribution in [0.5, 0.6) is 0 Å². The fourth-order valence-electron chi connectivity index (χ4n) is 4.49. The minimum absolute atomic E-state index is 0.0194. The Morgan fingerprint density at radius 3 is 1.71 bits per heavy atom. The van der Waals surface area contributed by atoms with Crippen LogP contribution in [0.3, 0.4) is 0 Å². The second-order valence-corrected chi connectivity index (χ2v) is 13.8.